The molecule has 0 aliphatic carbocycles. The molecule has 2 N–H and O–H groups in total. The van der Waals surface area contributed by atoms with Crippen molar-refractivity contribution >= 4 is 46.1 Å². The fourth-order valence-electron chi connectivity index (χ4n) is 5.76. The van der Waals surface area contributed by atoms with Crippen molar-refractivity contribution in [3.63, 3.8) is 0 Å². The zero-order chi connectivity index (χ0) is 29.3. The first-order valence-electron chi connectivity index (χ1n) is 15.0. The van der Waals surface area contributed by atoms with Crippen LogP contribution < -0.4 is 15.5 Å². The number of nitrogens with one attached hydrogen (secondary N) is 2. The second-order valence-electron chi connectivity index (χ2n) is 10.9. The summed E-state index contributed by atoms with van der Waals surface area (Å²) in [4.78, 5) is 44.1. The van der Waals surface area contributed by atoms with Gasteiger partial charge in [-0.15, -0.1) is 0 Å². The van der Waals surface area contributed by atoms with Gasteiger partial charge in [0.25, 0.3) is 0 Å². The maximum Gasteiger partial charge on any atom is 0.227 e. The summed E-state index contributed by atoms with van der Waals surface area (Å²) < 4.78 is 5.33. The maximum atomic E-state index is 13.5. The summed E-state index contributed by atoms with van der Waals surface area (Å²) in [5.74, 6) is 1.47. The van der Waals surface area contributed by atoms with E-state index in [1.165, 1.54) is 0 Å². The number of anilines is 2. The molecule has 224 valence electrons. The Morgan fingerprint density at radius 1 is 1.07 bits per heavy atom. The summed E-state index contributed by atoms with van der Waals surface area (Å²) in [6.45, 7) is 7.15. The number of rotatable bonds is 11. The summed E-state index contributed by atoms with van der Waals surface area (Å²) >= 11 is 6.28. The number of halogens is 1. The number of carbonyl (C=O) groups excluding carboxylic acids is 2. The normalized spacial score (nSPS) is 17.8. The smallest absolute Gasteiger partial charge is 0.227 e. The molecule has 5 rings (SSSR count). The predicted octanol–water partition coefficient (Wildman–Crippen LogP) is 4.29. The van der Waals surface area contributed by atoms with E-state index in [9.17, 15) is 9.59 Å². The molecule has 0 radical (unpaired) electrons. The van der Waals surface area contributed by atoms with Crippen molar-refractivity contribution in [2.75, 3.05) is 56.2 Å². The number of nitrogens with zero attached hydrogens (tertiary/aromatic N) is 5. The van der Waals surface area contributed by atoms with E-state index in [1.807, 2.05) is 42.2 Å². The zero-order valence-corrected chi connectivity index (χ0v) is 25.0. The lowest BCUT2D eigenvalue weighted by atomic mass is 9.92. The molecule has 1 aromatic carbocycles. The Hall–Kier alpha value is -3.50. The monoisotopic (exact) mass is 593 g/mol. The number of benzene rings is 1. The Kier molecular flexibility index (Phi) is 10.4. The molecule has 4 heterocycles. The second-order valence-corrected chi connectivity index (χ2v) is 11.3. The molecule has 2 aliphatic heterocycles. The molecule has 1 atom stereocenters. The minimum absolute atomic E-state index is 0.0343. The molecule has 2 saturated heterocycles. The summed E-state index contributed by atoms with van der Waals surface area (Å²) in [5, 5.41) is 7.84. The van der Waals surface area contributed by atoms with Gasteiger partial charge in [-0.3, -0.25) is 9.59 Å². The maximum absolute atomic E-state index is 13.5. The van der Waals surface area contributed by atoms with Crippen LogP contribution in [0.25, 0.3) is 10.9 Å². The van der Waals surface area contributed by atoms with Crippen LogP contribution in [0.15, 0.2) is 42.7 Å². The first-order valence-corrected chi connectivity index (χ1v) is 15.4. The van der Waals surface area contributed by atoms with E-state index in [0.29, 0.717) is 69.8 Å². The minimum atomic E-state index is -0.0998. The number of pyridine rings is 1. The lowest BCUT2D eigenvalue weighted by Gasteiger charge is -2.38. The Morgan fingerprint density at radius 3 is 2.71 bits per heavy atom. The number of hydrogen-bond acceptors (Lipinski definition) is 8. The minimum Gasteiger partial charge on any atom is -0.382 e. The highest BCUT2D eigenvalue weighted by Crippen LogP contribution is 2.30. The predicted molar refractivity (Wildman–Crippen MR) is 164 cm³/mol. The lowest BCUT2D eigenvalue weighted by Crippen LogP contribution is -2.49. The van der Waals surface area contributed by atoms with Crippen LogP contribution in [0.3, 0.4) is 0 Å². The lowest BCUT2D eigenvalue weighted by molar-refractivity contribution is -0.139. The van der Waals surface area contributed by atoms with Crippen LogP contribution in [0.2, 0.25) is 5.02 Å². The van der Waals surface area contributed by atoms with Gasteiger partial charge in [-0.25, -0.2) is 15.0 Å². The van der Waals surface area contributed by atoms with E-state index in [4.69, 9.17) is 21.3 Å². The van der Waals surface area contributed by atoms with E-state index in [-0.39, 0.29) is 23.7 Å². The summed E-state index contributed by atoms with van der Waals surface area (Å²) in [5.41, 5.74) is 1.77. The van der Waals surface area contributed by atoms with Crippen molar-refractivity contribution in [3.8, 4) is 0 Å². The van der Waals surface area contributed by atoms with Crippen LogP contribution in [0.4, 0.5) is 11.8 Å². The van der Waals surface area contributed by atoms with Crippen LogP contribution in [0.5, 0.6) is 0 Å². The molecule has 0 saturated carbocycles. The molecule has 2 aromatic heterocycles. The number of carbonyl (C=O) groups is 2. The van der Waals surface area contributed by atoms with E-state index >= 15 is 0 Å². The van der Waals surface area contributed by atoms with Gasteiger partial charge in [0.2, 0.25) is 17.8 Å². The Morgan fingerprint density at radius 2 is 1.90 bits per heavy atom. The molecular formula is C31H40ClN7O3. The van der Waals surface area contributed by atoms with Gasteiger partial charge in [0.1, 0.15) is 5.82 Å². The standard InChI is InChI=1S/C31H40ClN7O3/c1-2-42-18-6-13-34-29(40)22-11-16-38(17-12-22)30(41)24-8-5-15-39(21-24)28-25-20-36-31(37-27(25)10-14-33-28)35-19-23-7-3-4-9-26(23)32/h3-4,7,9-10,14,20,22,24H,2,5-6,8,11-13,15-19,21H2,1H3,(H,34,40)(H,35,36,37). The van der Waals surface area contributed by atoms with E-state index < -0.39 is 0 Å². The summed E-state index contributed by atoms with van der Waals surface area (Å²) in [6, 6.07) is 9.57. The van der Waals surface area contributed by atoms with E-state index in [0.717, 1.165) is 48.1 Å². The third kappa shape index (κ3) is 7.46. The number of amides is 2. The first kappa shape index (κ1) is 30.0. The van der Waals surface area contributed by atoms with Gasteiger partial charge < -0.3 is 25.2 Å². The van der Waals surface area contributed by atoms with Crippen molar-refractivity contribution in [2.24, 2.45) is 11.8 Å². The summed E-state index contributed by atoms with van der Waals surface area (Å²) in [7, 11) is 0. The molecule has 0 bridgehead atoms. The third-order valence-corrected chi connectivity index (χ3v) is 8.47. The van der Waals surface area contributed by atoms with Crippen LogP contribution in [0, 0.1) is 11.8 Å². The number of likely N-dealkylation sites (tertiary alicyclic amines) is 1. The van der Waals surface area contributed by atoms with Crippen molar-refractivity contribution in [2.45, 2.75) is 45.6 Å². The van der Waals surface area contributed by atoms with E-state index in [2.05, 4.69) is 25.5 Å². The van der Waals surface area contributed by atoms with Crippen molar-refractivity contribution in [1.29, 1.82) is 0 Å². The molecule has 11 heteroatoms. The quantitative estimate of drug-likeness (QED) is 0.317. The second kappa shape index (κ2) is 14.6. The molecule has 2 fully saturated rings. The molecule has 2 aliphatic rings. The highest BCUT2D eigenvalue weighted by Gasteiger charge is 2.33. The topological polar surface area (TPSA) is 113 Å². The Bertz CT molecular complexity index is 1370. The molecule has 0 spiro atoms. The number of fused-ring (bicyclic) bond motifs is 1. The molecular weight excluding hydrogens is 554 g/mol. The van der Waals surface area contributed by atoms with Gasteiger partial charge in [-0.1, -0.05) is 29.8 Å². The van der Waals surface area contributed by atoms with Crippen molar-refractivity contribution in [3.05, 3.63) is 53.3 Å². The number of aromatic nitrogens is 3. The molecule has 1 unspecified atom stereocenters. The zero-order valence-electron chi connectivity index (χ0n) is 24.2. The molecule has 10 nitrogen and oxygen atoms in total. The van der Waals surface area contributed by atoms with E-state index in [1.54, 1.807) is 12.4 Å². The fourth-order valence-corrected chi connectivity index (χ4v) is 5.96. The van der Waals surface area contributed by atoms with Crippen LogP contribution in [-0.4, -0.2) is 77.6 Å². The molecule has 2 amide bonds. The van der Waals surface area contributed by atoms with Gasteiger partial charge in [0.05, 0.1) is 16.8 Å². The van der Waals surface area contributed by atoms with Crippen LogP contribution in [-0.2, 0) is 20.9 Å². The number of hydrogen-bond donors (Lipinski definition) is 2. The highest BCUT2D eigenvalue weighted by molar-refractivity contribution is 6.31. The Labute approximate surface area is 252 Å². The van der Waals surface area contributed by atoms with Crippen molar-refractivity contribution < 1.29 is 14.3 Å². The van der Waals surface area contributed by atoms with Gasteiger partial charge in [-0.05, 0) is 56.7 Å². The van der Waals surface area contributed by atoms with Crippen molar-refractivity contribution in [1.82, 2.24) is 25.2 Å². The van der Waals surface area contributed by atoms with Gasteiger partial charge in [0, 0.05) is 75.8 Å². The molecule has 42 heavy (non-hydrogen) atoms. The largest absolute Gasteiger partial charge is 0.382 e. The average Bonchev–Trinajstić information content (AvgIpc) is 3.03. The molecule has 3 aromatic rings. The number of piperidine rings is 2. The van der Waals surface area contributed by atoms with Crippen LogP contribution >= 0.6 is 11.6 Å². The fraction of sp³-hybridized carbons (Fsp3) is 0.516. The first-order chi connectivity index (χ1) is 20.5. The van der Waals surface area contributed by atoms with Crippen LogP contribution in [0.1, 0.15) is 44.6 Å². The highest BCUT2D eigenvalue weighted by atomic mass is 35.5. The summed E-state index contributed by atoms with van der Waals surface area (Å²) in [6.07, 6.45) is 7.55. The SMILES string of the molecule is CCOCCCNC(=O)C1CCN(C(=O)C2CCCN(c3nccc4nc(NCc5ccccc5Cl)ncc34)C2)CC1. The average molecular weight is 594 g/mol. The third-order valence-electron chi connectivity index (χ3n) is 8.10. The van der Waals surface area contributed by atoms with Gasteiger partial charge >= 0.3 is 0 Å². The van der Waals surface area contributed by atoms with Gasteiger partial charge in [0.15, 0.2) is 0 Å². The number of ether oxygens (including phenoxy) is 1. The Balaban J connectivity index is 1.16. The van der Waals surface area contributed by atoms with Gasteiger partial charge in [-0.2, -0.15) is 0 Å².